The van der Waals surface area contributed by atoms with Gasteiger partial charge in [-0.05, 0) is 25.0 Å². The second kappa shape index (κ2) is 5.71. The van der Waals surface area contributed by atoms with E-state index in [4.69, 9.17) is 4.74 Å². The molecule has 3 atom stereocenters. The Balaban J connectivity index is 1.61. The fourth-order valence-electron chi connectivity index (χ4n) is 2.81. The Labute approximate surface area is 118 Å². The summed E-state index contributed by atoms with van der Waals surface area (Å²) in [4.78, 5) is 12.2. The number of hydrogen-bond acceptors (Lipinski definition) is 4. The lowest BCUT2D eigenvalue weighted by Crippen LogP contribution is -2.52. The van der Waals surface area contributed by atoms with Gasteiger partial charge in [0.1, 0.15) is 5.75 Å². The zero-order chi connectivity index (χ0) is 13.9. The summed E-state index contributed by atoms with van der Waals surface area (Å²) >= 11 is 0. The summed E-state index contributed by atoms with van der Waals surface area (Å²) in [5, 5.41) is 16.0. The maximum atomic E-state index is 12.2. The highest BCUT2D eigenvalue weighted by atomic mass is 16.5. The second-order valence-electron chi connectivity index (χ2n) is 5.45. The third-order valence-electron chi connectivity index (χ3n) is 3.98. The molecule has 1 aliphatic heterocycles. The molecule has 1 heterocycles. The van der Waals surface area contributed by atoms with Crippen molar-refractivity contribution in [2.24, 2.45) is 0 Å². The largest absolute Gasteiger partial charge is 0.477 e. The highest BCUT2D eigenvalue weighted by molar-refractivity contribution is 5.83. The molecule has 3 N–H and O–H groups in total. The van der Waals surface area contributed by atoms with Gasteiger partial charge in [0.15, 0.2) is 6.10 Å². The van der Waals surface area contributed by atoms with Crippen LogP contribution in [0.2, 0.25) is 0 Å². The van der Waals surface area contributed by atoms with E-state index in [2.05, 4.69) is 10.6 Å². The number of nitrogens with one attached hydrogen (secondary N) is 2. The number of fused-ring (bicyclic) bond motifs is 1. The van der Waals surface area contributed by atoms with Crippen molar-refractivity contribution in [1.29, 1.82) is 0 Å². The lowest BCUT2D eigenvalue weighted by Gasteiger charge is -2.31. The number of aliphatic hydroxyl groups is 1. The maximum absolute atomic E-state index is 12.2. The van der Waals surface area contributed by atoms with Gasteiger partial charge in [0.2, 0.25) is 0 Å². The Morgan fingerprint density at radius 3 is 2.95 bits per heavy atom. The zero-order valence-corrected chi connectivity index (χ0v) is 11.3. The fourth-order valence-corrected chi connectivity index (χ4v) is 2.81. The lowest BCUT2D eigenvalue weighted by molar-refractivity contribution is -0.129. The normalized spacial score (nSPS) is 28.8. The number of amides is 1. The molecule has 5 heteroatoms. The molecule has 1 aromatic rings. The maximum Gasteiger partial charge on any atom is 0.263 e. The van der Waals surface area contributed by atoms with E-state index in [1.807, 2.05) is 24.3 Å². The van der Waals surface area contributed by atoms with E-state index >= 15 is 0 Å². The Bertz CT molecular complexity index is 492. The van der Waals surface area contributed by atoms with E-state index < -0.39 is 12.2 Å². The molecule has 2 aliphatic rings. The highest BCUT2D eigenvalue weighted by Gasteiger charge is 2.30. The van der Waals surface area contributed by atoms with Crippen LogP contribution >= 0.6 is 0 Å². The molecule has 0 spiro atoms. The first kappa shape index (κ1) is 13.2. The summed E-state index contributed by atoms with van der Waals surface area (Å²) in [7, 11) is 0. The van der Waals surface area contributed by atoms with Gasteiger partial charge in [-0.15, -0.1) is 0 Å². The molecule has 3 rings (SSSR count). The molecule has 1 aliphatic carbocycles. The van der Waals surface area contributed by atoms with Crippen LogP contribution in [0.15, 0.2) is 24.3 Å². The number of carbonyl (C=O) groups is 1. The highest BCUT2D eigenvalue weighted by Crippen LogP contribution is 2.28. The van der Waals surface area contributed by atoms with Crippen LogP contribution in [0.4, 0.5) is 5.69 Å². The number of anilines is 1. The van der Waals surface area contributed by atoms with Crippen LogP contribution in [0.25, 0.3) is 0 Å². The van der Waals surface area contributed by atoms with Gasteiger partial charge in [-0.2, -0.15) is 0 Å². The first-order valence-electron chi connectivity index (χ1n) is 7.22. The summed E-state index contributed by atoms with van der Waals surface area (Å²) < 4.78 is 5.71. The van der Waals surface area contributed by atoms with Gasteiger partial charge in [-0.1, -0.05) is 25.0 Å². The van der Waals surface area contributed by atoms with E-state index in [9.17, 15) is 9.90 Å². The van der Waals surface area contributed by atoms with Gasteiger partial charge >= 0.3 is 0 Å². The minimum atomic E-state index is -0.543. The summed E-state index contributed by atoms with van der Waals surface area (Å²) in [6.07, 6.45) is 2.70. The Morgan fingerprint density at radius 2 is 2.10 bits per heavy atom. The van der Waals surface area contributed by atoms with Crippen molar-refractivity contribution in [3.05, 3.63) is 24.3 Å². The number of ether oxygens (including phenoxy) is 1. The van der Waals surface area contributed by atoms with Gasteiger partial charge in [0, 0.05) is 0 Å². The van der Waals surface area contributed by atoms with E-state index in [-0.39, 0.29) is 11.9 Å². The monoisotopic (exact) mass is 276 g/mol. The molecule has 0 saturated heterocycles. The molecule has 1 amide bonds. The second-order valence-corrected chi connectivity index (χ2v) is 5.45. The van der Waals surface area contributed by atoms with Gasteiger partial charge < -0.3 is 20.5 Å². The summed E-state index contributed by atoms with van der Waals surface area (Å²) in [5.41, 5.74) is 0.911. The number of para-hydroxylation sites is 2. The van der Waals surface area contributed by atoms with Crippen molar-refractivity contribution in [2.75, 3.05) is 11.9 Å². The Morgan fingerprint density at radius 1 is 1.30 bits per heavy atom. The van der Waals surface area contributed by atoms with Crippen LogP contribution in [-0.4, -0.2) is 35.8 Å². The lowest BCUT2D eigenvalue weighted by atomic mass is 9.92. The van der Waals surface area contributed by atoms with Crippen LogP contribution in [0.3, 0.4) is 0 Å². The number of aliphatic hydroxyl groups excluding tert-OH is 1. The molecule has 3 unspecified atom stereocenters. The molecule has 0 aromatic heterocycles. The molecule has 0 radical (unpaired) electrons. The van der Waals surface area contributed by atoms with E-state index in [1.165, 1.54) is 0 Å². The van der Waals surface area contributed by atoms with Crippen molar-refractivity contribution in [1.82, 2.24) is 5.32 Å². The molecule has 5 nitrogen and oxygen atoms in total. The van der Waals surface area contributed by atoms with Crippen molar-refractivity contribution in [2.45, 2.75) is 43.9 Å². The average molecular weight is 276 g/mol. The van der Waals surface area contributed by atoms with Gasteiger partial charge in [-0.3, -0.25) is 4.79 Å². The first-order valence-corrected chi connectivity index (χ1v) is 7.22. The third kappa shape index (κ3) is 2.72. The quantitative estimate of drug-likeness (QED) is 0.761. The number of carbonyl (C=O) groups excluding carboxylic acids is 1. The third-order valence-corrected chi connectivity index (χ3v) is 3.98. The fraction of sp³-hybridized carbons (Fsp3) is 0.533. The standard InChI is InChI=1S/C15H20N2O3/c18-12-7-3-1-5-10(12)17-15(19)14-9-16-11-6-2-4-8-13(11)20-14/h2,4,6,8,10,12,14,16,18H,1,3,5,7,9H2,(H,17,19). The molecule has 1 saturated carbocycles. The van der Waals surface area contributed by atoms with Crippen LogP contribution in [0.1, 0.15) is 25.7 Å². The Kier molecular flexibility index (Phi) is 3.78. The molecule has 20 heavy (non-hydrogen) atoms. The summed E-state index contributed by atoms with van der Waals surface area (Å²) in [6, 6.07) is 7.43. The average Bonchev–Trinajstić information content (AvgIpc) is 2.49. The molecular weight excluding hydrogens is 256 g/mol. The molecule has 0 bridgehead atoms. The topological polar surface area (TPSA) is 70.6 Å². The van der Waals surface area contributed by atoms with Gasteiger partial charge in [0.25, 0.3) is 5.91 Å². The van der Waals surface area contributed by atoms with Crippen molar-refractivity contribution in [3.63, 3.8) is 0 Å². The first-order chi connectivity index (χ1) is 9.74. The summed E-state index contributed by atoms with van der Waals surface area (Å²) in [5.74, 6) is 0.543. The number of rotatable bonds is 2. The summed E-state index contributed by atoms with van der Waals surface area (Å²) in [6.45, 7) is 0.450. The minimum Gasteiger partial charge on any atom is -0.477 e. The van der Waals surface area contributed by atoms with Crippen LogP contribution < -0.4 is 15.4 Å². The number of hydrogen-bond donors (Lipinski definition) is 3. The van der Waals surface area contributed by atoms with Crippen LogP contribution in [0, 0.1) is 0 Å². The zero-order valence-electron chi connectivity index (χ0n) is 11.3. The predicted molar refractivity (Wildman–Crippen MR) is 75.8 cm³/mol. The van der Waals surface area contributed by atoms with Gasteiger partial charge in [-0.25, -0.2) is 0 Å². The smallest absolute Gasteiger partial charge is 0.263 e. The molecule has 1 aromatic carbocycles. The van der Waals surface area contributed by atoms with E-state index in [0.717, 1.165) is 31.4 Å². The van der Waals surface area contributed by atoms with Crippen molar-refractivity contribution < 1.29 is 14.6 Å². The Hall–Kier alpha value is -1.75. The van der Waals surface area contributed by atoms with Gasteiger partial charge in [0.05, 0.1) is 24.4 Å². The van der Waals surface area contributed by atoms with E-state index in [1.54, 1.807) is 0 Å². The molecular formula is C15H20N2O3. The minimum absolute atomic E-state index is 0.142. The number of benzene rings is 1. The SMILES string of the molecule is O=C(NC1CCCCC1O)C1CNc2ccccc2O1. The predicted octanol–water partition coefficient (Wildman–Crippen LogP) is 1.28. The molecule has 108 valence electrons. The van der Waals surface area contributed by atoms with Crippen molar-refractivity contribution in [3.8, 4) is 5.75 Å². The van der Waals surface area contributed by atoms with Crippen LogP contribution in [-0.2, 0) is 4.79 Å². The van der Waals surface area contributed by atoms with Crippen molar-refractivity contribution >= 4 is 11.6 Å². The van der Waals surface area contributed by atoms with E-state index in [0.29, 0.717) is 12.3 Å². The van der Waals surface area contributed by atoms with Crippen LogP contribution in [0.5, 0.6) is 5.75 Å². The molecule has 1 fully saturated rings.